The Labute approximate surface area is 94.1 Å². The molecule has 1 saturated carbocycles. The van der Waals surface area contributed by atoms with Crippen LogP contribution in [0.1, 0.15) is 26.2 Å². The van der Waals surface area contributed by atoms with Crippen molar-refractivity contribution in [3.63, 3.8) is 0 Å². The van der Waals surface area contributed by atoms with Crippen molar-refractivity contribution in [3.8, 4) is 0 Å². The molecule has 0 heterocycles. The normalized spacial score (nSPS) is 16.9. The van der Waals surface area contributed by atoms with Crippen LogP contribution in [0.4, 0.5) is 0 Å². The Kier molecular flexibility index (Phi) is 4.94. The molecule has 0 saturated heterocycles. The van der Waals surface area contributed by atoms with Crippen LogP contribution in [-0.4, -0.2) is 36.0 Å². The van der Waals surface area contributed by atoms with E-state index in [2.05, 4.69) is 10.1 Å². The molecule has 0 spiro atoms. The number of hydrogen-bond acceptors (Lipinski definition) is 4. The van der Waals surface area contributed by atoms with Crippen molar-refractivity contribution >= 4 is 23.6 Å². The zero-order valence-corrected chi connectivity index (χ0v) is 9.93. The lowest BCUT2D eigenvalue weighted by molar-refractivity contribution is -0.140. The van der Waals surface area contributed by atoms with Crippen LogP contribution in [0.25, 0.3) is 0 Å². The van der Waals surface area contributed by atoms with Crippen molar-refractivity contribution in [2.24, 2.45) is 0 Å². The summed E-state index contributed by atoms with van der Waals surface area (Å²) in [4.78, 5) is 22.2. The van der Waals surface area contributed by atoms with Crippen LogP contribution in [0.2, 0.25) is 0 Å². The van der Waals surface area contributed by atoms with Crippen LogP contribution in [0.15, 0.2) is 0 Å². The number of amides is 1. The van der Waals surface area contributed by atoms with Crippen molar-refractivity contribution in [3.05, 3.63) is 0 Å². The number of carbonyl (C=O) groups is 2. The van der Waals surface area contributed by atoms with Gasteiger partial charge in [-0.3, -0.25) is 9.59 Å². The monoisotopic (exact) mass is 231 g/mol. The number of methoxy groups -OCH3 is 1. The van der Waals surface area contributed by atoms with E-state index in [1.54, 1.807) is 0 Å². The van der Waals surface area contributed by atoms with Gasteiger partial charge >= 0.3 is 5.97 Å². The quantitative estimate of drug-likeness (QED) is 0.691. The molecule has 4 nitrogen and oxygen atoms in total. The highest BCUT2D eigenvalue weighted by atomic mass is 32.2. The molecule has 0 aromatic rings. The minimum Gasteiger partial charge on any atom is -0.469 e. The van der Waals surface area contributed by atoms with Crippen molar-refractivity contribution in [2.75, 3.05) is 12.9 Å². The van der Waals surface area contributed by atoms with E-state index < -0.39 is 0 Å². The van der Waals surface area contributed by atoms with Crippen molar-refractivity contribution < 1.29 is 14.3 Å². The summed E-state index contributed by atoms with van der Waals surface area (Å²) in [5, 5.41) is 3.03. The Morgan fingerprint density at radius 3 is 2.73 bits per heavy atom. The summed E-state index contributed by atoms with van der Waals surface area (Å²) < 4.78 is 4.55. The molecule has 1 N–H and O–H groups in total. The van der Waals surface area contributed by atoms with E-state index in [1.807, 2.05) is 6.92 Å². The van der Waals surface area contributed by atoms with E-state index in [-0.39, 0.29) is 17.1 Å². The van der Waals surface area contributed by atoms with E-state index in [1.165, 1.54) is 18.9 Å². The van der Waals surface area contributed by atoms with Gasteiger partial charge in [0.15, 0.2) is 0 Å². The van der Waals surface area contributed by atoms with Gasteiger partial charge in [0.2, 0.25) is 5.91 Å². The van der Waals surface area contributed by atoms with Crippen LogP contribution < -0.4 is 5.32 Å². The topological polar surface area (TPSA) is 55.4 Å². The van der Waals surface area contributed by atoms with Gasteiger partial charge < -0.3 is 10.1 Å². The lowest BCUT2D eigenvalue weighted by Crippen LogP contribution is -2.27. The molecule has 5 heteroatoms. The van der Waals surface area contributed by atoms with Gasteiger partial charge in [0.25, 0.3) is 0 Å². The van der Waals surface area contributed by atoms with Gasteiger partial charge in [0, 0.05) is 11.3 Å². The van der Waals surface area contributed by atoms with Crippen LogP contribution in [0.5, 0.6) is 0 Å². The average molecular weight is 231 g/mol. The largest absolute Gasteiger partial charge is 0.469 e. The summed E-state index contributed by atoms with van der Waals surface area (Å²) in [6, 6.07) is 0.411. The molecule has 1 amide bonds. The number of rotatable bonds is 6. The van der Waals surface area contributed by atoms with E-state index in [4.69, 9.17) is 0 Å². The van der Waals surface area contributed by atoms with Crippen LogP contribution in [0, 0.1) is 0 Å². The molecule has 0 radical (unpaired) electrons. The first-order valence-electron chi connectivity index (χ1n) is 5.09. The zero-order valence-electron chi connectivity index (χ0n) is 9.12. The molecule has 0 aliphatic heterocycles. The first-order valence-corrected chi connectivity index (χ1v) is 6.14. The Bertz CT molecular complexity index is 241. The number of carbonyl (C=O) groups excluding carboxylic acids is 2. The molecule has 1 fully saturated rings. The van der Waals surface area contributed by atoms with Crippen molar-refractivity contribution in [1.29, 1.82) is 0 Å². The van der Waals surface area contributed by atoms with Gasteiger partial charge in [-0.2, -0.15) is 0 Å². The lowest BCUT2D eigenvalue weighted by atomic mass is 10.3. The standard InChI is InChI=1S/C10H17NO3S/c1-7(5-10(13)14-2)15-6-9(12)11-8-3-4-8/h7-8H,3-6H2,1-2H3,(H,11,12). The predicted molar refractivity (Wildman–Crippen MR) is 59.7 cm³/mol. The lowest BCUT2D eigenvalue weighted by Gasteiger charge is -2.09. The number of esters is 1. The van der Waals surface area contributed by atoms with Gasteiger partial charge in [-0.05, 0) is 12.8 Å². The second-order valence-corrected chi connectivity index (χ2v) is 5.17. The van der Waals surface area contributed by atoms with Gasteiger partial charge in [-0.15, -0.1) is 11.8 Å². The molecule has 1 rings (SSSR count). The number of ether oxygens (including phenoxy) is 1. The summed E-state index contributed by atoms with van der Waals surface area (Å²) in [6.07, 6.45) is 2.57. The molecular formula is C10H17NO3S. The molecule has 86 valence electrons. The highest BCUT2D eigenvalue weighted by Crippen LogP contribution is 2.19. The third-order valence-electron chi connectivity index (χ3n) is 2.12. The van der Waals surface area contributed by atoms with E-state index in [0.29, 0.717) is 18.2 Å². The first-order chi connectivity index (χ1) is 7.11. The van der Waals surface area contributed by atoms with Crippen LogP contribution in [-0.2, 0) is 14.3 Å². The summed E-state index contributed by atoms with van der Waals surface area (Å²) in [5.41, 5.74) is 0. The van der Waals surface area contributed by atoms with Crippen molar-refractivity contribution in [1.82, 2.24) is 5.32 Å². The third-order valence-corrected chi connectivity index (χ3v) is 3.29. The molecule has 1 aliphatic carbocycles. The maximum atomic E-state index is 11.3. The Balaban J connectivity index is 2.06. The van der Waals surface area contributed by atoms with E-state index >= 15 is 0 Å². The fourth-order valence-electron chi connectivity index (χ4n) is 1.09. The minimum absolute atomic E-state index is 0.0687. The van der Waals surface area contributed by atoms with Gasteiger partial charge in [0.1, 0.15) is 0 Å². The summed E-state index contributed by atoms with van der Waals surface area (Å²) in [7, 11) is 1.37. The molecule has 1 atom stereocenters. The molecule has 0 bridgehead atoms. The number of nitrogens with one attached hydrogen (secondary N) is 1. The average Bonchev–Trinajstić information content (AvgIpc) is 2.98. The fraction of sp³-hybridized carbons (Fsp3) is 0.800. The molecule has 0 aromatic carbocycles. The van der Waals surface area contributed by atoms with Crippen LogP contribution in [0.3, 0.4) is 0 Å². The SMILES string of the molecule is COC(=O)CC(C)SCC(=O)NC1CC1. The molecule has 15 heavy (non-hydrogen) atoms. The summed E-state index contributed by atoms with van der Waals surface area (Å²) in [5.74, 6) is 0.270. The van der Waals surface area contributed by atoms with Gasteiger partial charge in [-0.1, -0.05) is 6.92 Å². The van der Waals surface area contributed by atoms with Crippen molar-refractivity contribution in [2.45, 2.75) is 37.5 Å². The number of thioether (sulfide) groups is 1. The fourth-order valence-corrected chi connectivity index (χ4v) is 1.87. The Morgan fingerprint density at radius 2 is 2.20 bits per heavy atom. The Hall–Kier alpha value is -0.710. The summed E-state index contributed by atoms with van der Waals surface area (Å²) >= 11 is 1.49. The van der Waals surface area contributed by atoms with E-state index in [9.17, 15) is 9.59 Å². The zero-order chi connectivity index (χ0) is 11.3. The smallest absolute Gasteiger partial charge is 0.306 e. The van der Waals surface area contributed by atoms with E-state index in [0.717, 1.165) is 12.8 Å². The summed E-state index contributed by atoms with van der Waals surface area (Å²) in [6.45, 7) is 1.92. The first kappa shape index (κ1) is 12.4. The predicted octanol–water partition coefficient (Wildman–Crippen LogP) is 0.950. The van der Waals surface area contributed by atoms with Crippen LogP contribution >= 0.6 is 11.8 Å². The number of hydrogen-bond donors (Lipinski definition) is 1. The maximum absolute atomic E-state index is 11.3. The molecule has 1 aliphatic rings. The molecule has 0 aromatic heterocycles. The second kappa shape index (κ2) is 6.00. The highest BCUT2D eigenvalue weighted by molar-refractivity contribution is 8.00. The Morgan fingerprint density at radius 1 is 1.53 bits per heavy atom. The van der Waals surface area contributed by atoms with Gasteiger partial charge in [0.05, 0.1) is 19.3 Å². The highest BCUT2D eigenvalue weighted by Gasteiger charge is 2.23. The maximum Gasteiger partial charge on any atom is 0.306 e. The minimum atomic E-state index is -0.224. The second-order valence-electron chi connectivity index (χ2n) is 3.74. The molecular weight excluding hydrogens is 214 g/mol. The third kappa shape index (κ3) is 5.67. The van der Waals surface area contributed by atoms with Gasteiger partial charge in [-0.25, -0.2) is 0 Å². The molecule has 1 unspecified atom stereocenters.